The number of hydrogen-bond donors (Lipinski definition) is 6. The van der Waals surface area contributed by atoms with E-state index in [0.29, 0.717) is 19.4 Å². The summed E-state index contributed by atoms with van der Waals surface area (Å²) in [7, 11) is 9.25. The van der Waals surface area contributed by atoms with Gasteiger partial charge >= 0.3 is 6.03 Å². The maximum absolute atomic E-state index is 15.1. The van der Waals surface area contributed by atoms with Crippen LogP contribution in [0.3, 0.4) is 0 Å². The molecule has 25 nitrogen and oxygen atoms in total. The van der Waals surface area contributed by atoms with Crippen LogP contribution < -0.4 is 26.6 Å². The number of imide groups is 1. The van der Waals surface area contributed by atoms with Crippen molar-refractivity contribution in [3.63, 3.8) is 0 Å². The van der Waals surface area contributed by atoms with Gasteiger partial charge < -0.3 is 61.1 Å². The number of hydrogen-bond acceptors (Lipinski definition) is 13. The minimum Gasteiger partial charge on any atom is -0.390 e. The highest BCUT2D eigenvalue weighted by Gasteiger charge is 2.45. The van der Waals surface area contributed by atoms with E-state index < -0.39 is 143 Å². The Kier molecular flexibility index (Phi) is 33.1. The predicted molar refractivity (Wildman–Crippen MR) is 337 cm³/mol. The molecule has 1 unspecified atom stereocenters. The highest BCUT2D eigenvalue weighted by atomic mass is 16.3. The van der Waals surface area contributed by atoms with E-state index in [1.807, 2.05) is 41.5 Å². The van der Waals surface area contributed by atoms with E-state index in [1.165, 1.54) is 75.0 Å². The second-order valence-electron chi connectivity index (χ2n) is 26.1. The van der Waals surface area contributed by atoms with Crippen molar-refractivity contribution in [2.75, 3.05) is 55.9 Å². The molecule has 1 heterocycles. The topological polar surface area (TPSA) is 308 Å². The van der Waals surface area contributed by atoms with Gasteiger partial charge in [0.25, 0.3) is 11.8 Å². The van der Waals surface area contributed by atoms with Crippen LogP contribution in [0.1, 0.15) is 168 Å². The molecular weight excluding hydrogens is 1130 g/mol. The number of unbranched alkanes of at least 4 members (excludes halogenated alkanes) is 4. The quantitative estimate of drug-likeness (QED) is 0.0799. The fourth-order valence-corrected chi connectivity index (χ4v) is 10.8. The number of carbonyl (C=O) groups is 12. The van der Waals surface area contributed by atoms with Crippen LogP contribution >= 0.6 is 0 Å². The molecule has 1 aliphatic heterocycles. The molecule has 0 saturated carbocycles. The second-order valence-corrected chi connectivity index (χ2v) is 26.1. The SMILES string of the molecule is C=C1C(=O)N(C)[C@@H](CC(C)C)C(=O)N[C@@H](C(C)C)C(=O)N(C)[C@@H](CC(C)C)C(=O)N[C@@H](C)C(=O)N[C@@H](C)C(=O)N(C)[C@H](CC(C)C)C(=O)N(C)C(=O)N(C)[C@@H](C(C)C)C(=O)N(C)C([C@H](O)[C@H](C)CCCCCCCNC(C)=O)C(=O)N[C@@H](CC)C(=O)N1C. The van der Waals surface area contributed by atoms with Gasteiger partial charge in [-0.05, 0) is 87.9 Å². The number of aliphatic hydroxyl groups is 1. The maximum atomic E-state index is 15.1. The second kappa shape index (κ2) is 36.7. The van der Waals surface area contributed by atoms with Crippen LogP contribution in [0.4, 0.5) is 4.79 Å². The van der Waals surface area contributed by atoms with Crippen molar-refractivity contribution in [3.8, 4) is 0 Å². The number of carbonyl (C=O) groups excluding carboxylic acids is 12. The van der Waals surface area contributed by atoms with Crippen LogP contribution in [0, 0.1) is 35.5 Å². The first-order chi connectivity index (χ1) is 40.7. The van der Waals surface area contributed by atoms with Gasteiger partial charge in [-0.1, -0.05) is 115 Å². The fourth-order valence-electron chi connectivity index (χ4n) is 10.8. The minimum atomic E-state index is -1.67. The summed E-state index contributed by atoms with van der Waals surface area (Å²) in [5.74, 6) is -10.2. The zero-order chi connectivity index (χ0) is 68.1. The summed E-state index contributed by atoms with van der Waals surface area (Å²) in [5.41, 5.74) is -0.374. The average molecular weight is 1250 g/mol. The number of nitrogens with zero attached hydrogens (tertiary/aromatic N) is 7. The van der Waals surface area contributed by atoms with Crippen molar-refractivity contribution < 1.29 is 62.6 Å². The van der Waals surface area contributed by atoms with Gasteiger partial charge in [0.15, 0.2) is 0 Å². The Morgan fingerprint density at radius 1 is 0.511 bits per heavy atom. The number of nitrogens with one attached hydrogen (secondary N) is 5. The largest absolute Gasteiger partial charge is 0.390 e. The van der Waals surface area contributed by atoms with E-state index in [2.05, 4.69) is 33.2 Å². The molecule has 0 radical (unpaired) electrons. The molecule has 11 atom stereocenters. The molecule has 0 aliphatic carbocycles. The lowest BCUT2D eigenvalue weighted by Gasteiger charge is -2.40. The van der Waals surface area contributed by atoms with Crippen LogP contribution in [0.2, 0.25) is 0 Å². The minimum absolute atomic E-state index is 0.0430. The Bertz CT molecular complexity index is 2430. The van der Waals surface area contributed by atoms with Crippen molar-refractivity contribution in [1.82, 2.24) is 60.9 Å². The van der Waals surface area contributed by atoms with Gasteiger partial charge in [0.1, 0.15) is 60.1 Å². The first kappa shape index (κ1) is 79.4. The van der Waals surface area contributed by atoms with E-state index in [1.54, 1.807) is 41.5 Å². The van der Waals surface area contributed by atoms with Gasteiger partial charge in [0.2, 0.25) is 53.2 Å². The van der Waals surface area contributed by atoms with Crippen molar-refractivity contribution in [1.29, 1.82) is 0 Å². The monoisotopic (exact) mass is 1240 g/mol. The normalized spacial score (nSPS) is 25.2. The smallest absolute Gasteiger partial charge is 0.326 e. The molecule has 6 N–H and O–H groups in total. The van der Waals surface area contributed by atoms with Gasteiger partial charge in [-0.15, -0.1) is 0 Å². The third-order valence-electron chi connectivity index (χ3n) is 16.5. The third kappa shape index (κ3) is 22.7. The van der Waals surface area contributed by atoms with E-state index in [0.717, 1.165) is 55.1 Å². The Morgan fingerprint density at radius 2 is 0.989 bits per heavy atom. The molecule has 13 amide bonds. The third-order valence-corrected chi connectivity index (χ3v) is 16.5. The molecule has 25 heteroatoms. The summed E-state index contributed by atoms with van der Waals surface area (Å²) >= 11 is 0. The Hall–Kier alpha value is -6.66. The van der Waals surface area contributed by atoms with Crippen molar-refractivity contribution in [2.45, 2.75) is 229 Å². The summed E-state index contributed by atoms with van der Waals surface area (Å²) in [5, 5.41) is 25.9. The maximum Gasteiger partial charge on any atom is 0.326 e. The van der Waals surface area contributed by atoms with E-state index >= 15 is 4.79 Å². The molecule has 1 aliphatic rings. The van der Waals surface area contributed by atoms with Crippen LogP contribution in [0.5, 0.6) is 0 Å². The zero-order valence-electron chi connectivity index (χ0n) is 57.2. The van der Waals surface area contributed by atoms with E-state index in [9.17, 15) is 57.8 Å². The Morgan fingerprint density at radius 3 is 1.49 bits per heavy atom. The number of urea groups is 1. The summed E-state index contributed by atoms with van der Waals surface area (Å²) < 4.78 is 0. The van der Waals surface area contributed by atoms with Gasteiger partial charge in [-0.25, -0.2) is 4.79 Å². The molecule has 88 heavy (non-hydrogen) atoms. The average Bonchev–Trinajstić information content (AvgIpc) is 1.46. The van der Waals surface area contributed by atoms with Crippen LogP contribution in [0.25, 0.3) is 0 Å². The summed E-state index contributed by atoms with van der Waals surface area (Å²) in [6.07, 6.45) is 3.01. The molecule has 1 rings (SSSR count). The number of rotatable bonds is 19. The predicted octanol–water partition coefficient (Wildman–Crippen LogP) is 3.47. The number of aliphatic hydroxyl groups excluding tert-OH is 1. The number of amides is 13. The van der Waals surface area contributed by atoms with Gasteiger partial charge in [0.05, 0.1) is 6.10 Å². The van der Waals surface area contributed by atoms with E-state index in [4.69, 9.17) is 0 Å². The standard InChI is InChI=1S/C63H112N12O13/c1-24-45-59(84)69(17)43(15)58(83)70(18)47(33-36(4)5)55(80)68-49(38(8)9)61(86)71(19)46(32-35(2)3)54(79)65-41(13)53(78)66-42(14)57(82)72(20)48(34-37(6)7)60(85)75(23)63(88)74(22)50(39(10)11)62(87)73(21)51(56(81)67-45)52(77)40(12)30-28-26-25-27-29-31-64-44(16)76/h35-42,45-52,77H,15,24-34H2,1-14,16-23H3,(H,64,76)(H,65,79)(H,66,78)(H,67,81)(H,68,80)/t40-,41+,42+,45+,46+,47+,48-,49+,50+,51?,52-/m1/s1. The molecule has 0 bridgehead atoms. The zero-order valence-corrected chi connectivity index (χ0v) is 57.2. The lowest BCUT2D eigenvalue weighted by atomic mass is 9.90. The molecular formula is C63H112N12O13. The molecule has 1 saturated heterocycles. The summed E-state index contributed by atoms with van der Waals surface area (Å²) in [6, 6.07) is -12.7. The first-order valence-electron chi connectivity index (χ1n) is 31.4. The van der Waals surface area contributed by atoms with Crippen molar-refractivity contribution in [2.24, 2.45) is 35.5 Å². The molecule has 0 aromatic heterocycles. The summed E-state index contributed by atoms with van der Waals surface area (Å²) in [6.45, 7) is 29.8. The molecule has 0 aromatic carbocycles. The molecule has 0 aromatic rings. The van der Waals surface area contributed by atoms with Crippen LogP contribution in [-0.4, -0.2) is 227 Å². The van der Waals surface area contributed by atoms with Gasteiger partial charge in [-0.3, -0.25) is 57.6 Å². The summed E-state index contributed by atoms with van der Waals surface area (Å²) in [4.78, 5) is 178. The molecule has 1 fully saturated rings. The molecule has 502 valence electrons. The van der Waals surface area contributed by atoms with Crippen LogP contribution in [-0.2, 0) is 52.7 Å². The van der Waals surface area contributed by atoms with Gasteiger partial charge in [0, 0.05) is 62.8 Å². The number of likely N-dealkylation sites (N-methyl/N-ethyl adjacent to an activating group) is 7. The van der Waals surface area contributed by atoms with E-state index in [-0.39, 0.29) is 55.0 Å². The van der Waals surface area contributed by atoms with Crippen molar-refractivity contribution in [3.05, 3.63) is 12.3 Å². The highest BCUT2D eigenvalue weighted by Crippen LogP contribution is 2.25. The molecule has 0 spiro atoms. The first-order valence-corrected chi connectivity index (χ1v) is 31.4. The lowest BCUT2D eigenvalue weighted by Crippen LogP contribution is -2.63. The Labute approximate surface area is 524 Å². The Balaban J connectivity index is 4.22. The highest BCUT2D eigenvalue weighted by molar-refractivity contribution is 6.03. The fraction of sp³-hybridized carbons (Fsp3) is 0.778. The van der Waals surface area contributed by atoms with Crippen molar-refractivity contribution >= 4 is 71.0 Å². The van der Waals surface area contributed by atoms with Gasteiger partial charge in [-0.2, -0.15) is 0 Å². The van der Waals surface area contributed by atoms with Crippen LogP contribution in [0.15, 0.2) is 12.3 Å². The lowest BCUT2D eigenvalue weighted by molar-refractivity contribution is -0.150.